The first kappa shape index (κ1) is 50.3. The number of pyridine rings is 1. The quantitative estimate of drug-likeness (QED) is 0.0592. The van der Waals surface area contributed by atoms with Gasteiger partial charge in [-0.05, 0) is 89.0 Å². The molecule has 0 aliphatic rings. The van der Waals surface area contributed by atoms with Gasteiger partial charge in [-0.25, -0.2) is 4.98 Å². The summed E-state index contributed by atoms with van der Waals surface area (Å²) in [4.78, 5) is 4.89. The van der Waals surface area contributed by atoms with E-state index in [1.807, 2.05) is 24.4 Å². The predicted molar refractivity (Wildman–Crippen MR) is 312 cm³/mol. The summed E-state index contributed by atoms with van der Waals surface area (Å²) in [5.74, 6) is 2.00. The van der Waals surface area contributed by atoms with Crippen LogP contribution < -0.4 is 24.9 Å². The molecule has 0 bridgehead atoms. The van der Waals surface area contributed by atoms with E-state index in [2.05, 4.69) is 280 Å². The standard InChI is InChI=1S/C69H58N4OSi.Pt/c1-68(2,3)50-24-18-22-48(42-50)58-33-21-34-59(49-23-19-31-57(43-49)75(7,55-27-10-8-11-28-55)56-29-12-9-13-30-56)67(58)72-47-71(63-36-16-17-37-64(63)72)52-25-20-26-53(45-52)74-54-38-39-61-60-32-14-15-35-62(60)73(65(61)46-54)66-44-51(40-41-70-66)69(4,5)6;/h8-44H,1-7H3;/q-2;. The Hall–Kier alpha value is -7.89. The van der Waals surface area contributed by atoms with E-state index < -0.39 is 8.07 Å². The van der Waals surface area contributed by atoms with Gasteiger partial charge in [-0.3, -0.25) is 4.57 Å². The molecule has 0 aliphatic heterocycles. The molecule has 0 N–H and O–H groups in total. The van der Waals surface area contributed by atoms with Crippen molar-refractivity contribution in [1.29, 1.82) is 0 Å². The molecule has 0 aliphatic carbocycles. The van der Waals surface area contributed by atoms with Crippen molar-refractivity contribution in [2.75, 3.05) is 0 Å². The Bertz CT molecular complexity index is 4050. The summed E-state index contributed by atoms with van der Waals surface area (Å²) in [6.45, 7) is 16.0. The molecule has 76 heavy (non-hydrogen) atoms. The van der Waals surface area contributed by atoms with Crippen molar-refractivity contribution in [1.82, 2.24) is 14.1 Å². The number of hydrogen-bond acceptors (Lipinski definition) is 2. The molecule has 0 spiro atoms. The molecular weight excluding hydrogens is 1120 g/mol. The number of fused-ring (bicyclic) bond motifs is 4. The molecule has 3 aromatic heterocycles. The maximum Gasteiger partial charge on any atom is 0.268 e. The van der Waals surface area contributed by atoms with E-state index in [9.17, 15) is 0 Å². The predicted octanol–water partition coefficient (Wildman–Crippen LogP) is 14.6. The first-order valence-electron chi connectivity index (χ1n) is 25.9. The van der Waals surface area contributed by atoms with Crippen molar-refractivity contribution in [2.24, 2.45) is 0 Å². The Morgan fingerprint density at radius 3 is 1.79 bits per heavy atom. The molecule has 0 saturated heterocycles. The second-order valence-electron chi connectivity index (χ2n) is 21.8. The number of ether oxygens (including phenoxy) is 1. The van der Waals surface area contributed by atoms with Crippen LogP contribution in [0.4, 0.5) is 0 Å². The van der Waals surface area contributed by atoms with Crippen LogP contribution in [0.15, 0.2) is 225 Å². The van der Waals surface area contributed by atoms with E-state index in [4.69, 9.17) is 9.72 Å². The third-order valence-corrected chi connectivity index (χ3v) is 19.4. The van der Waals surface area contributed by atoms with Crippen molar-refractivity contribution in [3.8, 4) is 50.9 Å². The number of benzene rings is 9. The fourth-order valence-corrected chi connectivity index (χ4v) is 14.4. The van der Waals surface area contributed by atoms with Gasteiger partial charge in [0.25, 0.3) is 6.33 Å². The third-order valence-electron chi connectivity index (χ3n) is 14.9. The zero-order valence-electron chi connectivity index (χ0n) is 43.9. The zero-order chi connectivity index (χ0) is 51.5. The minimum Gasteiger partial charge on any atom is -0.510 e. The summed E-state index contributed by atoms with van der Waals surface area (Å²) in [6.07, 6.45) is 5.80. The minimum atomic E-state index is -2.45. The number of para-hydroxylation sites is 4. The molecule has 0 atom stereocenters. The van der Waals surface area contributed by atoms with E-state index in [-0.39, 0.29) is 31.9 Å². The van der Waals surface area contributed by atoms with Crippen LogP contribution in [0.3, 0.4) is 0 Å². The third kappa shape index (κ3) is 9.14. The van der Waals surface area contributed by atoms with Gasteiger partial charge in [-0.15, -0.1) is 29.7 Å². The van der Waals surface area contributed by atoms with E-state index in [1.54, 1.807) is 0 Å². The summed E-state index contributed by atoms with van der Waals surface area (Å²) < 4.78 is 13.3. The summed E-state index contributed by atoms with van der Waals surface area (Å²) in [6, 6.07) is 86.0. The smallest absolute Gasteiger partial charge is 0.268 e. The van der Waals surface area contributed by atoms with Crippen molar-refractivity contribution in [3.05, 3.63) is 254 Å². The topological polar surface area (TPSA) is 35.9 Å². The van der Waals surface area contributed by atoms with Gasteiger partial charge in [-0.1, -0.05) is 223 Å². The molecule has 12 aromatic rings. The van der Waals surface area contributed by atoms with Gasteiger partial charge < -0.3 is 13.9 Å². The van der Waals surface area contributed by atoms with Crippen LogP contribution in [0.25, 0.3) is 72.3 Å². The fourth-order valence-electron chi connectivity index (χ4n) is 10.8. The molecule has 376 valence electrons. The van der Waals surface area contributed by atoms with Gasteiger partial charge in [0.1, 0.15) is 13.9 Å². The maximum absolute atomic E-state index is 6.74. The van der Waals surface area contributed by atoms with Crippen LogP contribution in [-0.2, 0) is 31.9 Å². The van der Waals surface area contributed by atoms with Crippen LogP contribution in [0.5, 0.6) is 11.5 Å². The van der Waals surface area contributed by atoms with Gasteiger partial charge in [0.05, 0.1) is 16.7 Å². The SMILES string of the molecule is CC(C)(C)c1cccc(-c2cccc(-c3cccc([Si](C)(c4ccccc4)c4ccccc4)c3)c2-[n+]2[c-]n(-c3[c-]c(Oc4[c-]c5c(cc4)c4ccccc4n5-c4cc(C(C)(C)C)ccn4)ccc3)c3ccccc32)c1.[Pt]. The second kappa shape index (κ2) is 20.0. The largest absolute Gasteiger partial charge is 0.510 e. The monoisotopic (exact) mass is 1180 g/mol. The average molecular weight is 1180 g/mol. The Balaban J connectivity index is 0.00000616. The van der Waals surface area contributed by atoms with Crippen molar-refractivity contribution in [2.45, 2.75) is 58.9 Å². The number of rotatable bonds is 10. The summed E-state index contributed by atoms with van der Waals surface area (Å²) in [7, 11) is -2.45. The van der Waals surface area contributed by atoms with E-state index in [0.717, 1.165) is 72.3 Å². The molecule has 9 aromatic carbocycles. The molecule has 0 fully saturated rings. The van der Waals surface area contributed by atoms with Crippen LogP contribution in [-0.4, -0.2) is 22.2 Å². The van der Waals surface area contributed by atoms with Gasteiger partial charge >= 0.3 is 0 Å². The van der Waals surface area contributed by atoms with Crippen LogP contribution in [0, 0.1) is 18.5 Å². The average Bonchev–Trinajstić information content (AvgIpc) is 4.05. The molecule has 0 amide bonds. The first-order chi connectivity index (χ1) is 36.3. The second-order valence-corrected chi connectivity index (χ2v) is 25.8. The van der Waals surface area contributed by atoms with Gasteiger partial charge in [0.15, 0.2) is 0 Å². The Morgan fingerprint density at radius 1 is 0.500 bits per heavy atom. The van der Waals surface area contributed by atoms with Crippen molar-refractivity contribution < 1.29 is 30.4 Å². The Morgan fingerprint density at radius 2 is 1.08 bits per heavy atom. The molecule has 5 nitrogen and oxygen atoms in total. The fraction of sp³-hybridized carbons (Fsp3) is 0.130. The van der Waals surface area contributed by atoms with E-state index >= 15 is 0 Å². The van der Waals surface area contributed by atoms with Gasteiger partial charge in [0.2, 0.25) is 0 Å². The molecule has 7 heteroatoms. The zero-order valence-corrected chi connectivity index (χ0v) is 47.1. The van der Waals surface area contributed by atoms with E-state index in [0.29, 0.717) is 11.5 Å². The van der Waals surface area contributed by atoms with Crippen molar-refractivity contribution >= 4 is 56.5 Å². The normalized spacial score (nSPS) is 12.0. The molecule has 12 rings (SSSR count). The number of nitrogens with zero attached hydrogens (tertiary/aromatic N) is 4. The molecule has 0 unspecified atom stereocenters. The summed E-state index contributed by atoms with van der Waals surface area (Å²) in [5.41, 5.74) is 12.7. The summed E-state index contributed by atoms with van der Waals surface area (Å²) >= 11 is 0. The van der Waals surface area contributed by atoms with Crippen molar-refractivity contribution in [3.63, 3.8) is 0 Å². The number of imidazole rings is 1. The van der Waals surface area contributed by atoms with Crippen LogP contribution in [0.2, 0.25) is 6.55 Å². The molecular formula is C69H58N4OPtSi-2. The Kier molecular flexibility index (Phi) is 13.2. The van der Waals surface area contributed by atoms with Crippen LogP contribution in [0.1, 0.15) is 52.7 Å². The molecule has 3 heterocycles. The van der Waals surface area contributed by atoms with E-state index in [1.165, 1.54) is 26.7 Å². The number of hydrogen-bond donors (Lipinski definition) is 0. The van der Waals surface area contributed by atoms with Gasteiger partial charge in [-0.2, -0.15) is 18.2 Å². The maximum atomic E-state index is 6.74. The van der Waals surface area contributed by atoms with Crippen LogP contribution >= 0.6 is 0 Å². The minimum absolute atomic E-state index is 0. The molecule has 0 saturated carbocycles. The summed E-state index contributed by atoms with van der Waals surface area (Å²) in [5, 5.41) is 6.30. The molecule has 0 radical (unpaired) electrons. The Labute approximate surface area is 462 Å². The number of aromatic nitrogens is 4. The first-order valence-corrected chi connectivity index (χ1v) is 28.4. The van der Waals surface area contributed by atoms with Gasteiger partial charge in [0, 0.05) is 44.3 Å².